The Hall–Kier alpha value is -6.61. The molecule has 5 aliphatic rings. The number of imidazole rings is 1. The Labute approximate surface area is 395 Å². The van der Waals surface area contributed by atoms with Crippen LogP contribution < -0.4 is 20.3 Å². The lowest BCUT2D eigenvalue weighted by Crippen LogP contribution is -2.52. The quantitative estimate of drug-likeness (QED) is 0.112. The van der Waals surface area contributed by atoms with Crippen LogP contribution in [0.3, 0.4) is 0 Å². The van der Waals surface area contributed by atoms with Crippen molar-refractivity contribution in [3.63, 3.8) is 0 Å². The first-order valence-electron chi connectivity index (χ1n) is 23.4. The second-order valence-electron chi connectivity index (χ2n) is 17.9. The van der Waals surface area contributed by atoms with Crippen LogP contribution in [-0.2, 0) is 38.7 Å². The Balaban J connectivity index is 0.638. The zero-order valence-electron chi connectivity index (χ0n) is 37.4. The molecule has 2 aromatic carbocycles. The molecular formula is C48H51FN12O6S. The number of thiazole rings is 1. The predicted molar refractivity (Wildman–Crippen MR) is 249 cm³/mol. The van der Waals surface area contributed by atoms with Gasteiger partial charge in [-0.3, -0.25) is 44.2 Å². The molecule has 0 radical (unpaired) electrons. The molecule has 4 amide bonds. The number of piperidine rings is 2. The number of rotatable bonds is 14. The summed E-state index contributed by atoms with van der Waals surface area (Å²) in [4.78, 5) is 77.2. The van der Waals surface area contributed by atoms with Gasteiger partial charge in [-0.25, -0.2) is 19.3 Å². The van der Waals surface area contributed by atoms with E-state index in [0.717, 1.165) is 102 Å². The number of hydrogen-bond acceptors (Lipinski definition) is 14. The molecule has 9 heterocycles. The molecule has 2 N–H and O–H groups in total. The smallest absolute Gasteiger partial charge is 0.257 e. The zero-order chi connectivity index (χ0) is 46.3. The lowest BCUT2D eigenvalue weighted by molar-refractivity contribution is -0.178. The summed E-state index contributed by atoms with van der Waals surface area (Å²) in [6.07, 6.45) is 11.6. The molecule has 11 rings (SSSR count). The van der Waals surface area contributed by atoms with Crippen molar-refractivity contribution in [3.05, 3.63) is 101 Å². The van der Waals surface area contributed by atoms with Crippen LogP contribution in [0, 0.1) is 5.82 Å². The van der Waals surface area contributed by atoms with E-state index in [0.29, 0.717) is 51.7 Å². The number of carbonyl (C=O) groups is 4. The van der Waals surface area contributed by atoms with Crippen molar-refractivity contribution in [1.29, 1.82) is 0 Å². The minimum atomic E-state index is -0.904. The number of hydrogen-bond donors (Lipinski definition) is 2. The van der Waals surface area contributed by atoms with Gasteiger partial charge in [0, 0.05) is 116 Å². The average molecular weight is 943 g/mol. The van der Waals surface area contributed by atoms with Crippen LogP contribution in [-0.4, -0.2) is 132 Å². The molecule has 3 saturated heterocycles. The Bertz CT molecular complexity index is 2850. The second-order valence-corrected chi connectivity index (χ2v) is 18.8. The Morgan fingerprint density at radius 2 is 1.81 bits per heavy atom. The number of ether oxygens (including phenoxy) is 1. The van der Waals surface area contributed by atoms with Crippen LogP contribution in [0.4, 0.5) is 15.3 Å². The number of benzene rings is 2. The van der Waals surface area contributed by atoms with Crippen molar-refractivity contribution in [2.75, 3.05) is 62.6 Å². The molecule has 352 valence electrons. The van der Waals surface area contributed by atoms with Crippen LogP contribution in [0.1, 0.15) is 71.9 Å². The minimum absolute atomic E-state index is 0.0188. The van der Waals surface area contributed by atoms with Gasteiger partial charge in [0.15, 0.2) is 17.0 Å². The molecular weight excluding hydrogens is 892 g/mol. The predicted octanol–water partition coefficient (Wildman–Crippen LogP) is 4.81. The lowest BCUT2D eigenvalue weighted by Gasteiger charge is -2.35. The maximum absolute atomic E-state index is 16.3. The van der Waals surface area contributed by atoms with E-state index in [9.17, 15) is 19.2 Å². The Morgan fingerprint density at radius 3 is 2.60 bits per heavy atom. The molecule has 68 heavy (non-hydrogen) atoms. The summed E-state index contributed by atoms with van der Waals surface area (Å²) in [5, 5.41) is 14.8. The standard InChI is InChI=1S/C48H51FN12O6S/c49-41-33(9-7-31-27-61(55-42(31)41)44(46(64)54-48-50-15-25-68-48)43-36-5-2-17-58(36)29-52-43)30-8-11-39(51-26-30)57-22-20-56(21-23-57)16-3-24-66-59-18-13-32(14-19-59)67-38-6-1-4-34-35(38)28-60(47(34)65)37-10-12-40(62)53-45(37)63/h1,4,6-9,11,15,25-27,29,32,37,44H,2-3,5,10,12-14,16-24,28H2,(H,50,54,64)(H,53,62,63). The van der Waals surface area contributed by atoms with E-state index in [1.54, 1.807) is 47.3 Å². The molecule has 4 aromatic heterocycles. The second kappa shape index (κ2) is 18.8. The van der Waals surface area contributed by atoms with Gasteiger partial charge in [0.1, 0.15) is 29.2 Å². The number of nitrogens with zero attached hydrogens (tertiary/aromatic N) is 10. The van der Waals surface area contributed by atoms with Gasteiger partial charge in [0.05, 0.1) is 25.2 Å². The van der Waals surface area contributed by atoms with Crippen molar-refractivity contribution in [2.45, 2.75) is 76.2 Å². The van der Waals surface area contributed by atoms with Gasteiger partial charge in [-0.15, -0.1) is 11.3 Å². The molecule has 3 fully saturated rings. The number of pyridine rings is 1. The molecule has 18 nitrogen and oxygen atoms in total. The summed E-state index contributed by atoms with van der Waals surface area (Å²) in [6, 6.07) is 11.3. The van der Waals surface area contributed by atoms with E-state index in [1.807, 2.05) is 35.4 Å². The van der Waals surface area contributed by atoms with Gasteiger partial charge in [-0.1, -0.05) is 18.2 Å². The first-order chi connectivity index (χ1) is 33.2. The number of nitrogens with one attached hydrogen (secondary N) is 2. The molecule has 0 bridgehead atoms. The largest absolute Gasteiger partial charge is 0.490 e. The van der Waals surface area contributed by atoms with Crippen LogP contribution in [0.2, 0.25) is 0 Å². The van der Waals surface area contributed by atoms with E-state index in [4.69, 9.17) is 14.6 Å². The summed E-state index contributed by atoms with van der Waals surface area (Å²) in [6.45, 7) is 7.57. The topological polar surface area (TPSA) is 185 Å². The third kappa shape index (κ3) is 8.72. The summed E-state index contributed by atoms with van der Waals surface area (Å²) in [5.41, 5.74) is 4.12. The van der Waals surface area contributed by atoms with Crippen LogP contribution in [0.25, 0.3) is 22.0 Å². The van der Waals surface area contributed by atoms with Gasteiger partial charge in [0.25, 0.3) is 11.8 Å². The van der Waals surface area contributed by atoms with Gasteiger partial charge in [-0.2, -0.15) is 10.2 Å². The molecule has 0 aliphatic carbocycles. The number of halogens is 1. The third-order valence-corrected chi connectivity index (χ3v) is 14.4. The summed E-state index contributed by atoms with van der Waals surface area (Å²) < 4.78 is 26.4. The molecule has 2 unspecified atom stereocenters. The van der Waals surface area contributed by atoms with E-state index < -0.39 is 23.8 Å². The molecule has 0 spiro atoms. The highest BCUT2D eigenvalue weighted by Crippen LogP contribution is 2.36. The number of aryl methyl sites for hydroxylation is 1. The number of aromatic nitrogens is 6. The van der Waals surface area contributed by atoms with Crippen LogP contribution in [0.15, 0.2) is 72.8 Å². The fourth-order valence-corrected chi connectivity index (χ4v) is 10.7. The number of hydroxylamine groups is 2. The fraction of sp³-hybridized carbons (Fsp3) is 0.417. The van der Waals surface area contributed by atoms with E-state index in [-0.39, 0.29) is 42.3 Å². The van der Waals surface area contributed by atoms with E-state index >= 15 is 4.39 Å². The maximum Gasteiger partial charge on any atom is 0.257 e. The zero-order valence-corrected chi connectivity index (χ0v) is 38.2. The SMILES string of the molecule is O=C1CCC(N2Cc3c(OC4CCN(OCCCN5CCN(c6ccc(-c7ccc8cn(C(C(=O)Nc9nccs9)c9ncn%10c9CCC%10)nc8c7F)cn6)CC5)CC4)cccc3C2=O)C(=O)N1. The van der Waals surface area contributed by atoms with Crippen LogP contribution in [0.5, 0.6) is 5.75 Å². The number of imide groups is 1. The molecule has 20 heteroatoms. The maximum atomic E-state index is 16.3. The monoisotopic (exact) mass is 942 g/mol. The fourth-order valence-electron chi connectivity index (χ4n) is 10.1. The Kier molecular flexibility index (Phi) is 12.2. The van der Waals surface area contributed by atoms with Gasteiger partial charge < -0.3 is 19.1 Å². The number of anilines is 2. The summed E-state index contributed by atoms with van der Waals surface area (Å²) in [7, 11) is 0. The van der Waals surface area contributed by atoms with Crippen molar-refractivity contribution in [3.8, 4) is 16.9 Å². The Morgan fingerprint density at radius 1 is 0.941 bits per heavy atom. The number of piperazine rings is 1. The lowest BCUT2D eigenvalue weighted by atomic mass is 10.0. The highest BCUT2D eigenvalue weighted by molar-refractivity contribution is 7.13. The van der Waals surface area contributed by atoms with E-state index in [2.05, 4.69) is 40.1 Å². The third-order valence-electron chi connectivity index (χ3n) is 13.7. The number of amides is 4. The van der Waals surface area contributed by atoms with Gasteiger partial charge in [-0.05, 0) is 62.8 Å². The number of carbonyl (C=O) groups excluding carboxylic acids is 4. The van der Waals surface area contributed by atoms with Crippen LogP contribution >= 0.6 is 11.3 Å². The van der Waals surface area contributed by atoms with Crippen molar-refractivity contribution in [1.82, 2.24) is 49.5 Å². The van der Waals surface area contributed by atoms with Crippen molar-refractivity contribution < 1.29 is 33.1 Å². The van der Waals surface area contributed by atoms with Gasteiger partial charge >= 0.3 is 0 Å². The summed E-state index contributed by atoms with van der Waals surface area (Å²) >= 11 is 1.32. The van der Waals surface area contributed by atoms with Crippen molar-refractivity contribution >= 4 is 56.8 Å². The molecule has 2 atom stereocenters. The minimum Gasteiger partial charge on any atom is -0.490 e. The normalized spacial score (nSPS) is 19.7. The highest BCUT2D eigenvalue weighted by atomic mass is 32.1. The average Bonchev–Trinajstić information content (AvgIpc) is 4.22. The summed E-state index contributed by atoms with van der Waals surface area (Å²) in [5.74, 6) is -0.244. The molecule has 5 aliphatic heterocycles. The van der Waals surface area contributed by atoms with Gasteiger partial charge in [0.2, 0.25) is 11.8 Å². The molecule has 0 saturated carbocycles. The van der Waals surface area contributed by atoms with E-state index in [1.165, 1.54) is 16.0 Å². The number of fused-ring (bicyclic) bond motifs is 3. The van der Waals surface area contributed by atoms with Crippen molar-refractivity contribution in [2.24, 2.45) is 0 Å². The highest BCUT2D eigenvalue weighted by Gasteiger charge is 2.41. The molecule has 6 aromatic rings. The first-order valence-corrected chi connectivity index (χ1v) is 24.3. The first kappa shape index (κ1) is 43.9.